The van der Waals surface area contributed by atoms with Crippen LogP contribution in [-0.4, -0.2) is 46.5 Å². The van der Waals surface area contributed by atoms with Gasteiger partial charge in [-0.25, -0.2) is 13.2 Å². The Balaban J connectivity index is 1.35. The van der Waals surface area contributed by atoms with E-state index in [2.05, 4.69) is 0 Å². The fourth-order valence-electron chi connectivity index (χ4n) is 4.71. The van der Waals surface area contributed by atoms with E-state index in [0.717, 1.165) is 11.6 Å². The summed E-state index contributed by atoms with van der Waals surface area (Å²) in [7, 11) is 0. The van der Waals surface area contributed by atoms with Crippen molar-refractivity contribution in [2.45, 2.75) is 37.6 Å². The highest BCUT2D eigenvalue weighted by Crippen LogP contribution is 2.47. The van der Waals surface area contributed by atoms with Crippen molar-refractivity contribution in [3.8, 4) is 0 Å². The number of aryl methyl sites for hydroxylation is 1. The fourth-order valence-corrected chi connectivity index (χ4v) is 4.71. The average molecular weight is 416 g/mol. The van der Waals surface area contributed by atoms with Crippen LogP contribution in [0, 0.1) is 24.4 Å². The molecular weight excluding hydrogens is 397 g/mol. The Morgan fingerprint density at radius 3 is 2.47 bits per heavy atom. The number of likely N-dealkylation sites (tertiary alicyclic amines) is 1. The molecule has 1 spiro atoms. The van der Waals surface area contributed by atoms with Gasteiger partial charge in [-0.2, -0.15) is 0 Å². The zero-order valence-corrected chi connectivity index (χ0v) is 16.2. The van der Waals surface area contributed by atoms with Crippen LogP contribution in [0.1, 0.15) is 40.4 Å². The smallest absolute Gasteiger partial charge is 0.261 e. The fraction of sp³-hybridized carbons (Fsp3) is 0.364. The number of halogens is 3. The molecule has 30 heavy (non-hydrogen) atoms. The predicted molar refractivity (Wildman–Crippen MR) is 99.8 cm³/mol. The number of benzene rings is 2. The van der Waals surface area contributed by atoms with Gasteiger partial charge in [-0.3, -0.25) is 9.59 Å². The summed E-state index contributed by atoms with van der Waals surface area (Å²) in [6.45, 7) is 1.81. The van der Waals surface area contributed by atoms with E-state index in [4.69, 9.17) is 4.74 Å². The van der Waals surface area contributed by atoms with E-state index in [-0.39, 0.29) is 24.6 Å². The molecule has 0 aliphatic carbocycles. The molecule has 3 aliphatic rings. The zero-order valence-electron chi connectivity index (χ0n) is 16.2. The summed E-state index contributed by atoms with van der Waals surface area (Å²) in [6, 6.07) is 7.07. The van der Waals surface area contributed by atoms with Gasteiger partial charge in [0.15, 0.2) is 5.60 Å². The Morgan fingerprint density at radius 1 is 1.07 bits per heavy atom. The quantitative estimate of drug-likeness (QED) is 0.755. The topological polar surface area (TPSA) is 49.9 Å². The van der Waals surface area contributed by atoms with Crippen LogP contribution >= 0.6 is 0 Å². The first-order valence-electron chi connectivity index (χ1n) is 9.79. The van der Waals surface area contributed by atoms with Crippen LogP contribution in [-0.2, 0) is 9.53 Å². The summed E-state index contributed by atoms with van der Waals surface area (Å²) >= 11 is 0. The van der Waals surface area contributed by atoms with Gasteiger partial charge < -0.3 is 14.5 Å². The van der Waals surface area contributed by atoms with Crippen LogP contribution < -0.4 is 0 Å². The lowest BCUT2D eigenvalue weighted by molar-refractivity contribution is -0.154. The number of fused-ring (bicyclic) bond motifs is 1. The van der Waals surface area contributed by atoms with Gasteiger partial charge in [0.05, 0.1) is 24.7 Å². The molecule has 3 saturated heterocycles. The minimum Gasteiger partial charge on any atom is -0.338 e. The van der Waals surface area contributed by atoms with Gasteiger partial charge in [-0.05, 0) is 49.6 Å². The van der Waals surface area contributed by atoms with E-state index >= 15 is 0 Å². The molecule has 5 rings (SSSR count). The lowest BCUT2D eigenvalue weighted by Gasteiger charge is -2.45. The van der Waals surface area contributed by atoms with Crippen LogP contribution in [0.15, 0.2) is 36.4 Å². The molecule has 8 heteroatoms. The molecule has 5 nitrogen and oxygen atoms in total. The molecule has 2 amide bonds. The van der Waals surface area contributed by atoms with Crippen molar-refractivity contribution in [3.63, 3.8) is 0 Å². The molecule has 0 aromatic heterocycles. The predicted octanol–water partition coefficient (Wildman–Crippen LogP) is 3.33. The number of rotatable bonds is 2. The van der Waals surface area contributed by atoms with E-state index in [0.29, 0.717) is 18.4 Å². The van der Waals surface area contributed by atoms with Crippen LogP contribution in [0.5, 0.6) is 0 Å². The summed E-state index contributed by atoms with van der Waals surface area (Å²) < 4.78 is 47.4. The molecule has 0 bridgehead atoms. The summed E-state index contributed by atoms with van der Waals surface area (Å²) in [5, 5.41) is 0. The van der Waals surface area contributed by atoms with Crippen molar-refractivity contribution in [2.75, 3.05) is 13.1 Å². The lowest BCUT2D eigenvalue weighted by atomic mass is 9.91. The Labute approximate surface area is 171 Å². The third-order valence-corrected chi connectivity index (χ3v) is 6.12. The molecule has 156 valence electrons. The van der Waals surface area contributed by atoms with Crippen LogP contribution in [0.4, 0.5) is 13.2 Å². The number of hydrogen-bond acceptors (Lipinski definition) is 3. The Bertz CT molecular complexity index is 1050. The summed E-state index contributed by atoms with van der Waals surface area (Å²) in [5.74, 6) is -2.80. The summed E-state index contributed by atoms with van der Waals surface area (Å²) in [4.78, 5) is 28.8. The molecular formula is C22H19F3N2O3. The molecule has 0 radical (unpaired) electrons. The van der Waals surface area contributed by atoms with Gasteiger partial charge in [0.25, 0.3) is 11.8 Å². The van der Waals surface area contributed by atoms with Crippen molar-refractivity contribution in [2.24, 2.45) is 0 Å². The molecule has 0 unspecified atom stereocenters. The molecule has 2 aromatic carbocycles. The average Bonchev–Trinajstić information content (AvgIpc) is 3.19. The monoisotopic (exact) mass is 416 g/mol. The number of carbonyl (C=O) groups is 2. The van der Waals surface area contributed by atoms with E-state index in [9.17, 15) is 22.8 Å². The second-order valence-electron chi connectivity index (χ2n) is 8.22. The third kappa shape index (κ3) is 2.81. The number of hydrogen-bond donors (Lipinski definition) is 0. The highest BCUT2D eigenvalue weighted by molar-refractivity contribution is 5.98. The first kappa shape index (κ1) is 19.1. The van der Waals surface area contributed by atoms with E-state index < -0.39 is 41.2 Å². The summed E-state index contributed by atoms with van der Waals surface area (Å²) in [5.41, 5.74) is -0.0680. The van der Waals surface area contributed by atoms with E-state index in [1.54, 1.807) is 13.0 Å². The van der Waals surface area contributed by atoms with Crippen molar-refractivity contribution in [1.29, 1.82) is 0 Å². The maximum atomic E-state index is 14.1. The maximum Gasteiger partial charge on any atom is 0.261 e. The molecule has 0 N–H and O–H groups in total. The van der Waals surface area contributed by atoms with E-state index in [1.807, 2.05) is 0 Å². The Hall–Kier alpha value is -2.87. The van der Waals surface area contributed by atoms with Gasteiger partial charge >= 0.3 is 0 Å². The molecule has 2 aromatic rings. The highest BCUT2D eigenvalue weighted by atomic mass is 19.1. The maximum absolute atomic E-state index is 14.1. The molecule has 3 heterocycles. The van der Waals surface area contributed by atoms with Crippen molar-refractivity contribution in [3.05, 3.63) is 70.5 Å². The van der Waals surface area contributed by atoms with Crippen LogP contribution in [0.25, 0.3) is 0 Å². The van der Waals surface area contributed by atoms with Gasteiger partial charge in [-0.1, -0.05) is 11.6 Å². The highest BCUT2D eigenvalue weighted by Gasteiger charge is 2.63. The van der Waals surface area contributed by atoms with Gasteiger partial charge in [-0.15, -0.1) is 0 Å². The minimum absolute atomic E-state index is 0.0231. The SMILES string of the molecule is Cc1ccc(F)c(C(=O)N2CC3(C2)O[C@@H]2CC[C@@H](c4cc(F)cc(F)c4)N2C3=O)c1. The number of amides is 2. The van der Waals surface area contributed by atoms with Gasteiger partial charge in [0, 0.05) is 6.07 Å². The van der Waals surface area contributed by atoms with Crippen LogP contribution in [0.3, 0.4) is 0 Å². The number of nitrogens with zero attached hydrogens (tertiary/aromatic N) is 2. The second-order valence-corrected chi connectivity index (χ2v) is 8.22. The molecule has 2 atom stereocenters. The normalized spacial score (nSPS) is 24.3. The standard InChI is InChI=1S/C22H19F3N2O3/c1-12-2-3-17(25)16(6-12)20(28)26-10-22(11-26)21(29)27-18(4-5-19(27)30-22)13-7-14(23)9-15(24)8-13/h2-3,6-9,18-19H,4-5,10-11H2,1H3/t18-,19+/m0/s1. The minimum atomic E-state index is -1.18. The molecule has 3 aliphatic heterocycles. The number of carbonyl (C=O) groups excluding carboxylic acids is 2. The van der Waals surface area contributed by atoms with Gasteiger partial charge in [0.2, 0.25) is 0 Å². The first-order chi connectivity index (χ1) is 14.3. The second kappa shape index (κ2) is 6.57. The summed E-state index contributed by atoms with van der Waals surface area (Å²) in [6.07, 6.45) is 0.574. The third-order valence-electron chi connectivity index (χ3n) is 6.12. The molecule has 3 fully saturated rings. The Morgan fingerprint density at radius 2 is 1.77 bits per heavy atom. The van der Waals surface area contributed by atoms with Gasteiger partial charge in [0.1, 0.15) is 23.7 Å². The Kier molecular flexibility index (Phi) is 4.18. The first-order valence-corrected chi connectivity index (χ1v) is 9.79. The van der Waals surface area contributed by atoms with Crippen molar-refractivity contribution >= 4 is 11.8 Å². The molecule has 0 saturated carbocycles. The number of ether oxygens (including phenoxy) is 1. The largest absolute Gasteiger partial charge is 0.338 e. The van der Waals surface area contributed by atoms with Crippen molar-refractivity contribution < 1.29 is 27.5 Å². The van der Waals surface area contributed by atoms with Crippen LogP contribution in [0.2, 0.25) is 0 Å². The lowest BCUT2D eigenvalue weighted by Crippen LogP contribution is -2.67. The zero-order chi connectivity index (χ0) is 21.2. The van der Waals surface area contributed by atoms with Crippen molar-refractivity contribution in [1.82, 2.24) is 9.80 Å². The van der Waals surface area contributed by atoms with E-state index in [1.165, 1.54) is 34.1 Å².